The lowest BCUT2D eigenvalue weighted by atomic mass is 9.98. The molecule has 3 aromatic heterocycles. The summed E-state index contributed by atoms with van der Waals surface area (Å²) in [4.78, 5) is 10.1. The van der Waals surface area contributed by atoms with Gasteiger partial charge in [0.1, 0.15) is 23.2 Å². The van der Waals surface area contributed by atoms with Crippen molar-refractivity contribution < 1.29 is 4.42 Å². The molecule has 57 heavy (non-hydrogen) atoms. The van der Waals surface area contributed by atoms with Crippen molar-refractivity contribution >= 4 is 86.9 Å². The average Bonchev–Trinajstić information content (AvgIpc) is 3.96. The molecule has 1 aliphatic heterocycles. The van der Waals surface area contributed by atoms with Gasteiger partial charge < -0.3 is 14.3 Å². The van der Waals surface area contributed by atoms with Crippen LogP contribution in [0.1, 0.15) is 22.9 Å². The average molecular weight is 749 g/mol. The largest absolute Gasteiger partial charge is 0.456 e. The van der Waals surface area contributed by atoms with Crippen LogP contribution >= 0.6 is 11.3 Å². The van der Waals surface area contributed by atoms with Crippen LogP contribution in [0.25, 0.3) is 80.7 Å². The molecule has 11 aromatic rings. The van der Waals surface area contributed by atoms with Gasteiger partial charge in [0.15, 0.2) is 5.84 Å². The van der Waals surface area contributed by atoms with Crippen molar-refractivity contribution in [2.24, 2.45) is 9.98 Å². The summed E-state index contributed by atoms with van der Waals surface area (Å²) < 4.78 is 11.6. The van der Waals surface area contributed by atoms with Crippen molar-refractivity contribution in [1.82, 2.24) is 9.88 Å². The highest BCUT2D eigenvalue weighted by atomic mass is 32.1. The molecule has 1 N–H and O–H groups in total. The molecule has 0 aliphatic carbocycles. The molecule has 0 radical (unpaired) electrons. The minimum Gasteiger partial charge on any atom is -0.456 e. The molecule has 0 spiro atoms. The molecule has 12 rings (SSSR count). The second kappa shape index (κ2) is 12.6. The number of furan rings is 1. The second-order valence-corrected chi connectivity index (χ2v) is 15.6. The summed E-state index contributed by atoms with van der Waals surface area (Å²) in [6, 6.07) is 64.3. The molecular formula is C51H32N4OS. The van der Waals surface area contributed by atoms with Crippen molar-refractivity contribution in [2.45, 2.75) is 6.17 Å². The Morgan fingerprint density at radius 3 is 1.91 bits per heavy atom. The van der Waals surface area contributed by atoms with Crippen LogP contribution in [-0.4, -0.2) is 16.2 Å². The fourth-order valence-electron chi connectivity index (χ4n) is 8.64. The van der Waals surface area contributed by atoms with Gasteiger partial charge in [0, 0.05) is 48.1 Å². The van der Waals surface area contributed by atoms with Crippen molar-refractivity contribution in [2.75, 3.05) is 0 Å². The Hall–Kier alpha value is -7.28. The molecule has 0 bridgehead atoms. The van der Waals surface area contributed by atoms with Gasteiger partial charge in [-0.3, -0.25) is 0 Å². The van der Waals surface area contributed by atoms with E-state index in [4.69, 9.17) is 14.4 Å². The van der Waals surface area contributed by atoms with Crippen LogP contribution in [0.3, 0.4) is 0 Å². The second-order valence-electron chi connectivity index (χ2n) is 14.6. The number of para-hydroxylation sites is 2. The standard InChI is InChI=1S/C51H32N4OS/c1-3-13-31(14-4-1)49-52-50(32-15-5-2-6-16-32)54-51(53-49)34-26-28-39-38-27-25-33(29-44(38)56-45(39)30-34)35-19-12-24-46-47(35)40-20-11-23-43(48(40)57-46)55-41-21-9-7-17-36(41)37-18-8-10-22-42(37)55/h1-30,49H,(H,52,53,54). The first-order valence-corrected chi connectivity index (χ1v) is 20.0. The topological polar surface area (TPSA) is 54.8 Å². The minimum atomic E-state index is -0.267. The number of fused-ring (bicyclic) bond motifs is 9. The first-order chi connectivity index (χ1) is 28.2. The Morgan fingerprint density at radius 1 is 0.526 bits per heavy atom. The number of nitrogens with one attached hydrogen (secondary N) is 1. The number of benzene rings is 8. The molecule has 1 aliphatic rings. The van der Waals surface area contributed by atoms with E-state index in [1.165, 1.54) is 53.2 Å². The van der Waals surface area contributed by atoms with E-state index < -0.39 is 0 Å². The molecule has 268 valence electrons. The van der Waals surface area contributed by atoms with Gasteiger partial charge in [0.05, 0.1) is 21.4 Å². The number of nitrogens with zero attached hydrogens (tertiary/aromatic N) is 3. The monoisotopic (exact) mass is 748 g/mol. The lowest BCUT2D eigenvalue weighted by molar-refractivity contribution is 0.667. The predicted octanol–water partition coefficient (Wildman–Crippen LogP) is 13.2. The third-order valence-electron chi connectivity index (χ3n) is 11.3. The molecule has 0 saturated heterocycles. The summed E-state index contributed by atoms with van der Waals surface area (Å²) in [7, 11) is 0. The number of aromatic nitrogens is 1. The van der Waals surface area contributed by atoms with Gasteiger partial charge in [0.2, 0.25) is 0 Å². The number of rotatable bonds is 5. The number of amidine groups is 2. The Morgan fingerprint density at radius 2 is 1.16 bits per heavy atom. The highest BCUT2D eigenvalue weighted by molar-refractivity contribution is 7.26. The number of hydrogen-bond donors (Lipinski definition) is 1. The van der Waals surface area contributed by atoms with Crippen LogP contribution in [0.4, 0.5) is 0 Å². The summed E-state index contributed by atoms with van der Waals surface area (Å²) in [6.45, 7) is 0. The molecule has 0 saturated carbocycles. The third-order valence-corrected chi connectivity index (χ3v) is 12.5. The van der Waals surface area contributed by atoms with Gasteiger partial charge in [-0.2, -0.15) is 0 Å². The van der Waals surface area contributed by atoms with Gasteiger partial charge >= 0.3 is 0 Å². The molecule has 5 nitrogen and oxygen atoms in total. The molecule has 0 fully saturated rings. The highest BCUT2D eigenvalue weighted by Gasteiger charge is 2.22. The number of thiophene rings is 1. The SMILES string of the molecule is c1ccc(C2=NC(c3ccc4c(c3)oc3cc(-c5cccc6sc7c(-n8c9ccccc9c9ccccc98)cccc7c56)ccc34)=NC(c3ccccc3)N2)cc1. The molecular weight excluding hydrogens is 717 g/mol. The normalized spacial score (nSPS) is 14.5. The van der Waals surface area contributed by atoms with Gasteiger partial charge in [0.25, 0.3) is 0 Å². The molecule has 0 amide bonds. The molecule has 6 heteroatoms. The number of hydrogen-bond acceptors (Lipinski definition) is 5. The zero-order valence-electron chi connectivity index (χ0n) is 30.6. The lowest BCUT2D eigenvalue weighted by Crippen LogP contribution is -2.33. The first kappa shape index (κ1) is 32.0. The first-order valence-electron chi connectivity index (χ1n) is 19.2. The summed E-state index contributed by atoms with van der Waals surface area (Å²) >= 11 is 1.86. The van der Waals surface area contributed by atoms with Crippen LogP contribution in [0.5, 0.6) is 0 Å². The Balaban J connectivity index is 0.974. The summed E-state index contributed by atoms with van der Waals surface area (Å²) in [5.74, 6) is 1.46. The number of aliphatic imine (C=N–C) groups is 2. The zero-order valence-corrected chi connectivity index (χ0v) is 31.4. The maximum Gasteiger partial charge on any atom is 0.159 e. The van der Waals surface area contributed by atoms with Crippen molar-refractivity contribution in [3.63, 3.8) is 0 Å². The van der Waals surface area contributed by atoms with Crippen LogP contribution in [-0.2, 0) is 0 Å². The Kier molecular flexibility index (Phi) is 7.09. The van der Waals surface area contributed by atoms with E-state index in [-0.39, 0.29) is 6.17 Å². The molecule has 4 heterocycles. The summed E-state index contributed by atoms with van der Waals surface area (Å²) in [5.41, 5.74) is 10.6. The Labute approximate surface area is 331 Å². The van der Waals surface area contributed by atoms with E-state index >= 15 is 0 Å². The predicted molar refractivity (Wildman–Crippen MR) is 238 cm³/mol. The van der Waals surface area contributed by atoms with E-state index in [1.54, 1.807) is 0 Å². The van der Waals surface area contributed by atoms with Crippen LogP contribution in [0.15, 0.2) is 196 Å². The third kappa shape index (κ3) is 5.08. The summed E-state index contributed by atoms with van der Waals surface area (Å²) in [5, 5.41) is 10.8. The van der Waals surface area contributed by atoms with Gasteiger partial charge in [-0.25, -0.2) is 9.98 Å². The minimum absolute atomic E-state index is 0.267. The lowest BCUT2D eigenvalue weighted by Gasteiger charge is -2.23. The summed E-state index contributed by atoms with van der Waals surface area (Å²) in [6.07, 6.45) is -0.267. The van der Waals surface area contributed by atoms with Crippen molar-refractivity contribution in [3.8, 4) is 16.8 Å². The van der Waals surface area contributed by atoms with E-state index in [0.717, 1.165) is 50.0 Å². The van der Waals surface area contributed by atoms with Crippen LogP contribution < -0.4 is 5.32 Å². The molecule has 1 atom stereocenters. The van der Waals surface area contributed by atoms with E-state index in [9.17, 15) is 0 Å². The molecule has 8 aromatic carbocycles. The van der Waals surface area contributed by atoms with Gasteiger partial charge in [-0.15, -0.1) is 11.3 Å². The van der Waals surface area contributed by atoms with E-state index in [2.05, 4.69) is 155 Å². The fraction of sp³-hybridized carbons (Fsp3) is 0.0196. The Bertz CT molecular complexity index is 3390. The van der Waals surface area contributed by atoms with Gasteiger partial charge in [-0.05, 0) is 65.2 Å². The maximum atomic E-state index is 6.68. The fourth-order valence-corrected chi connectivity index (χ4v) is 9.88. The highest BCUT2D eigenvalue weighted by Crippen LogP contribution is 2.45. The van der Waals surface area contributed by atoms with E-state index in [1.807, 2.05) is 47.7 Å². The zero-order chi connectivity index (χ0) is 37.5. The van der Waals surface area contributed by atoms with Crippen molar-refractivity contribution in [1.29, 1.82) is 0 Å². The quantitative estimate of drug-likeness (QED) is 0.191. The van der Waals surface area contributed by atoms with Crippen LogP contribution in [0.2, 0.25) is 0 Å². The van der Waals surface area contributed by atoms with Crippen molar-refractivity contribution in [3.05, 3.63) is 199 Å². The van der Waals surface area contributed by atoms with Gasteiger partial charge in [-0.1, -0.05) is 133 Å². The van der Waals surface area contributed by atoms with E-state index in [0.29, 0.717) is 5.84 Å². The molecule has 1 unspecified atom stereocenters. The maximum absolute atomic E-state index is 6.68. The smallest absolute Gasteiger partial charge is 0.159 e. The van der Waals surface area contributed by atoms with Crippen LogP contribution in [0, 0.1) is 0 Å².